The average Bonchev–Trinajstić information content (AvgIpc) is 2.28. The van der Waals surface area contributed by atoms with Crippen LogP contribution in [0, 0.1) is 0 Å². The predicted octanol–water partition coefficient (Wildman–Crippen LogP) is 0.923. The van der Waals surface area contributed by atoms with Gasteiger partial charge in [-0.2, -0.15) is 0 Å². The van der Waals surface area contributed by atoms with Crippen LogP contribution < -0.4 is 0 Å². The van der Waals surface area contributed by atoms with Gasteiger partial charge in [-0.05, 0) is 26.3 Å². The Kier molecular flexibility index (Phi) is 4.39. The molecule has 2 rings (SSSR count). The first-order chi connectivity index (χ1) is 7.66. The third kappa shape index (κ3) is 3.05. The lowest BCUT2D eigenvalue weighted by Gasteiger charge is -2.44. The van der Waals surface area contributed by atoms with Crippen molar-refractivity contribution in [1.29, 1.82) is 0 Å². The predicted molar refractivity (Wildman–Crippen MR) is 69.2 cm³/mol. The summed E-state index contributed by atoms with van der Waals surface area (Å²) in [4.78, 5) is 5.16. The van der Waals surface area contributed by atoms with Crippen molar-refractivity contribution >= 4 is 10.8 Å². The molecular formula is C12H24N2OS. The van der Waals surface area contributed by atoms with E-state index in [0.717, 1.165) is 19.1 Å². The van der Waals surface area contributed by atoms with Gasteiger partial charge in [0.25, 0.3) is 0 Å². The molecule has 0 aromatic heterocycles. The lowest BCUT2D eigenvalue weighted by Crippen LogP contribution is -2.55. The highest BCUT2D eigenvalue weighted by molar-refractivity contribution is 7.84. The summed E-state index contributed by atoms with van der Waals surface area (Å²) in [6.45, 7) is 7.98. The van der Waals surface area contributed by atoms with Crippen LogP contribution >= 0.6 is 0 Å². The number of hydrogen-bond acceptors (Lipinski definition) is 3. The van der Waals surface area contributed by atoms with E-state index in [4.69, 9.17) is 0 Å². The van der Waals surface area contributed by atoms with Crippen LogP contribution in [0.3, 0.4) is 0 Å². The second-order valence-corrected chi connectivity index (χ2v) is 7.06. The van der Waals surface area contributed by atoms with Crippen LogP contribution in [-0.4, -0.2) is 64.3 Å². The van der Waals surface area contributed by atoms with Gasteiger partial charge in [0.15, 0.2) is 0 Å². The lowest BCUT2D eigenvalue weighted by molar-refractivity contribution is 0.0501. The summed E-state index contributed by atoms with van der Waals surface area (Å²) in [5.41, 5.74) is 0. The second-order valence-electron chi connectivity index (χ2n) is 5.25. The van der Waals surface area contributed by atoms with Crippen molar-refractivity contribution in [3.8, 4) is 0 Å². The number of piperazine rings is 1. The Morgan fingerprint density at radius 1 is 1.31 bits per heavy atom. The molecule has 0 saturated carbocycles. The van der Waals surface area contributed by atoms with E-state index in [0.29, 0.717) is 5.25 Å². The molecule has 3 atom stereocenters. The molecular weight excluding hydrogens is 220 g/mol. The van der Waals surface area contributed by atoms with Gasteiger partial charge in [-0.25, -0.2) is 0 Å². The number of rotatable bonds is 3. The standard InChI is InChI=1S/C12H24N2OS/c1-11(16(2)15)9-13-7-8-14-6-4-3-5-12(14)10-13/h11-12H,3-10H2,1-2H3. The Morgan fingerprint density at radius 2 is 2.12 bits per heavy atom. The summed E-state index contributed by atoms with van der Waals surface area (Å²) >= 11 is 0. The van der Waals surface area contributed by atoms with E-state index in [-0.39, 0.29) is 0 Å². The molecule has 16 heavy (non-hydrogen) atoms. The van der Waals surface area contributed by atoms with Crippen LogP contribution in [0.1, 0.15) is 26.2 Å². The highest BCUT2D eigenvalue weighted by Gasteiger charge is 2.29. The Bertz CT molecular complexity index is 259. The topological polar surface area (TPSA) is 23.6 Å². The molecule has 3 unspecified atom stereocenters. The Balaban J connectivity index is 1.83. The van der Waals surface area contributed by atoms with Crippen molar-refractivity contribution in [1.82, 2.24) is 9.80 Å². The van der Waals surface area contributed by atoms with Crippen molar-refractivity contribution in [3.63, 3.8) is 0 Å². The summed E-state index contributed by atoms with van der Waals surface area (Å²) < 4.78 is 11.4. The molecule has 0 aromatic rings. The molecule has 0 N–H and O–H groups in total. The minimum absolute atomic E-state index is 0.315. The molecule has 0 aromatic carbocycles. The lowest BCUT2D eigenvalue weighted by atomic mass is 9.99. The molecule has 2 heterocycles. The van der Waals surface area contributed by atoms with Crippen molar-refractivity contribution in [2.45, 2.75) is 37.5 Å². The molecule has 0 spiro atoms. The molecule has 2 fully saturated rings. The van der Waals surface area contributed by atoms with Crippen LogP contribution in [-0.2, 0) is 10.8 Å². The molecule has 2 saturated heterocycles. The fourth-order valence-electron chi connectivity index (χ4n) is 2.85. The van der Waals surface area contributed by atoms with E-state index in [1.54, 1.807) is 0 Å². The van der Waals surface area contributed by atoms with E-state index < -0.39 is 10.8 Å². The van der Waals surface area contributed by atoms with E-state index in [1.807, 2.05) is 6.26 Å². The molecule has 2 aliphatic rings. The monoisotopic (exact) mass is 244 g/mol. The fraction of sp³-hybridized carbons (Fsp3) is 1.00. The smallest absolute Gasteiger partial charge is 0.0444 e. The third-order valence-electron chi connectivity index (χ3n) is 4.00. The van der Waals surface area contributed by atoms with Gasteiger partial charge < -0.3 is 0 Å². The van der Waals surface area contributed by atoms with E-state index >= 15 is 0 Å². The molecule has 2 aliphatic heterocycles. The van der Waals surface area contributed by atoms with Gasteiger partial charge >= 0.3 is 0 Å². The third-order valence-corrected chi connectivity index (χ3v) is 5.29. The normalized spacial score (nSPS) is 32.0. The highest BCUT2D eigenvalue weighted by Crippen LogP contribution is 2.21. The summed E-state index contributed by atoms with van der Waals surface area (Å²) in [5, 5.41) is 0.315. The average molecular weight is 244 g/mol. The number of nitrogens with zero attached hydrogens (tertiary/aromatic N) is 2. The molecule has 0 radical (unpaired) electrons. The Hall–Kier alpha value is 0.0700. The SMILES string of the molecule is CC(CN1CCN2CCCCC2C1)S(C)=O. The zero-order valence-electron chi connectivity index (χ0n) is 10.5. The number of hydrogen-bond donors (Lipinski definition) is 0. The van der Waals surface area contributed by atoms with E-state index in [2.05, 4.69) is 16.7 Å². The summed E-state index contributed by atoms with van der Waals surface area (Å²) in [7, 11) is -0.677. The molecule has 0 amide bonds. The number of piperidine rings is 1. The van der Waals surface area contributed by atoms with Crippen molar-refractivity contribution < 1.29 is 4.21 Å². The van der Waals surface area contributed by atoms with Crippen LogP contribution in [0.25, 0.3) is 0 Å². The van der Waals surface area contributed by atoms with E-state index in [9.17, 15) is 4.21 Å². The molecule has 3 nitrogen and oxygen atoms in total. The summed E-state index contributed by atoms with van der Waals surface area (Å²) in [5.74, 6) is 0. The highest BCUT2D eigenvalue weighted by atomic mass is 32.2. The minimum Gasteiger partial charge on any atom is -0.299 e. The Labute approximate surface area is 102 Å². The first kappa shape index (κ1) is 12.5. The Morgan fingerprint density at radius 3 is 2.88 bits per heavy atom. The molecule has 4 heteroatoms. The van der Waals surface area contributed by atoms with Gasteiger partial charge in [0.05, 0.1) is 0 Å². The first-order valence-electron chi connectivity index (χ1n) is 6.45. The number of fused-ring (bicyclic) bond motifs is 1. The maximum Gasteiger partial charge on any atom is 0.0444 e. The summed E-state index contributed by atoms with van der Waals surface area (Å²) in [6, 6.07) is 0.778. The maximum atomic E-state index is 11.4. The van der Waals surface area contributed by atoms with Crippen LogP contribution in [0.15, 0.2) is 0 Å². The fourth-order valence-corrected chi connectivity index (χ4v) is 3.28. The zero-order valence-corrected chi connectivity index (χ0v) is 11.3. The summed E-state index contributed by atoms with van der Waals surface area (Å²) in [6.07, 6.45) is 5.96. The first-order valence-corrected chi connectivity index (χ1v) is 8.07. The van der Waals surface area contributed by atoms with Gasteiger partial charge in [-0.1, -0.05) is 6.42 Å². The molecule has 0 aliphatic carbocycles. The van der Waals surface area contributed by atoms with Gasteiger partial charge in [0.2, 0.25) is 0 Å². The van der Waals surface area contributed by atoms with Gasteiger partial charge in [-0.15, -0.1) is 0 Å². The molecule has 0 bridgehead atoms. The van der Waals surface area contributed by atoms with E-state index in [1.165, 1.54) is 38.9 Å². The van der Waals surface area contributed by atoms with Crippen LogP contribution in [0.2, 0.25) is 0 Å². The largest absolute Gasteiger partial charge is 0.299 e. The van der Waals surface area contributed by atoms with Crippen LogP contribution in [0.5, 0.6) is 0 Å². The van der Waals surface area contributed by atoms with Crippen molar-refractivity contribution in [2.24, 2.45) is 0 Å². The zero-order chi connectivity index (χ0) is 11.5. The van der Waals surface area contributed by atoms with Gasteiger partial charge in [0, 0.05) is 54.5 Å². The van der Waals surface area contributed by atoms with Crippen LogP contribution in [0.4, 0.5) is 0 Å². The second kappa shape index (κ2) is 5.61. The maximum absolute atomic E-state index is 11.4. The quantitative estimate of drug-likeness (QED) is 0.738. The molecule has 94 valence electrons. The van der Waals surface area contributed by atoms with Gasteiger partial charge in [0.1, 0.15) is 0 Å². The van der Waals surface area contributed by atoms with Gasteiger partial charge in [-0.3, -0.25) is 14.0 Å². The minimum atomic E-state index is -0.677. The van der Waals surface area contributed by atoms with Crippen molar-refractivity contribution in [2.75, 3.05) is 39.0 Å². The van der Waals surface area contributed by atoms with Crippen molar-refractivity contribution in [3.05, 3.63) is 0 Å².